The first-order valence-corrected chi connectivity index (χ1v) is 9.56. The van der Waals surface area contributed by atoms with Gasteiger partial charge in [0.15, 0.2) is 0 Å². The van der Waals surface area contributed by atoms with Crippen LogP contribution in [0.4, 0.5) is 5.82 Å². The molecule has 4 rings (SSSR count). The fourth-order valence-electron chi connectivity index (χ4n) is 3.01. The number of nitrogens with one attached hydrogen (secondary N) is 1. The van der Waals surface area contributed by atoms with Gasteiger partial charge >= 0.3 is 11.8 Å². The average molecular weight is 428 g/mol. The van der Waals surface area contributed by atoms with E-state index in [1.165, 1.54) is 12.8 Å². The molecule has 1 amide bonds. The van der Waals surface area contributed by atoms with Crippen LogP contribution in [0.1, 0.15) is 29.1 Å². The van der Waals surface area contributed by atoms with E-state index in [1.807, 2.05) is 36.4 Å². The molecule has 0 spiro atoms. The van der Waals surface area contributed by atoms with Crippen molar-refractivity contribution in [2.24, 2.45) is 0 Å². The molecule has 3 aromatic rings. The van der Waals surface area contributed by atoms with E-state index in [1.54, 1.807) is 6.20 Å². The van der Waals surface area contributed by atoms with Crippen molar-refractivity contribution in [3.05, 3.63) is 58.5 Å². The first-order valence-electron chi connectivity index (χ1n) is 8.77. The second-order valence-electron chi connectivity index (χ2n) is 6.33. The molecule has 1 aromatic carbocycles. The van der Waals surface area contributed by atoms with Gasteiger partial charge in [0.25, 0.3) is 0 Å². The zero-order chi connectivity index (χ0) is 18.6. The number of rotatable bonds is 5. The van der Waals surface area contributed by atoms with Crippen LogP contribution in [0.25, 0.3) is 11.4 Å². The second kappa shape index (κ2) is 7.87. The number of pyridine rings is 1. The Kier molecular flexibility index (Phi) is 5.15. The molecule has 0 saturated carbocycles. The summed E-state index contributed by atoms with van der Waals surface area (Å²) in [5.74, 6) is 0.822. The molecule has 0 bridgehead atoms. The van der Waals surface area contributed by atoms with Crippen LogP contribution in [0.3, 0.4) is 0 Å². The van der Waals surface area contributed by atoms with Crippen LogP contribution in [-0.2, 0) is 6.54 Å². The van der Waals surface area contributed by atoms with Crippen molar-refractivity contribution < 1.29 is 9.32 Å². The summed E-state index contributed by atoms with van der Waals surface area (Å²) >= 11 is 3.41. The van der Waals surface area contributed by atoms with Crippen molar-refractivity contribution in [2.75, 3.05) is 18.0 Å². The van der Waals surface area contributed by atoms with Crippen LogP contribution in [0.2, 0.25) is 0 Å². The lowest BCUT2D eigenvalue weighted by Crippen LogP contribution is -2.23. The number of nitrogens with zero attached hydrogens (tertiary/aromatic N) is 4. The monoisotopic (exact) mass is 427 g/mol. The molecule has 8 heteroatoms. The summed E-state index contributed by atoms with van der Waals surface area (Å²) in [6.45, 7) is 2.39. The molecule has 3 heterocycles. The molecule has 7 nitrogen and oxygen atoms in total. The third-order valence-electron chi connectivity index (χ3n) is 4.40. The summed E-state index contributed by atoms with van der Waals surface area (Å²) in [7, 11) is 0. The van der Waals surface area contributed by atoms with Gasteiger partial charge in [-0.15, -0.1) is 0 Å². The number of carbonyl (C=O) groups is 1. The molecule has 1 N–H and O–H groups in total. The maximum Gasteiger partial charge on any atom is 0.316 e. The maximum atomic E-state index is 12.3. The van der Waals surface area contributed by atoms with Crippen molar-refractivity contribution in [1.29, 1.82) is 0 Å². The lowest BCUT2D eigenvalue weighted by molar-refractivity contribution is 0.0907. The summed E-state index contributed by atoms with van der Waals surface area (Å²) in [5.41, 5.74) is 1.75. The van der Waals surface area contributed by atoms with Gasteiger partial charge in [-0.3, -0.25) is 4.79 Å². The van der Waals surface area contributed by atoms with Crippen LogP contribution < -0.4 is 10.2 Å². The van der Waals surface area contributed by atoms with E-state index in [-0.39, 0.29) is 5.89 Å². The Hall–Kier alpha value is -2.74. The summed E-state index contributed by atoms with van der Waals surface area (Å²) < 4.78 is 6.10. The van der Waals surface area contributed by atoms with Crippen LogP contribution in [0, 0.1) is 0 Å². The minimum Gasteiger partial charge on any atom is -0.357 e. The van der Waals surface area contributed by atoms with Gasteiger partial charge in [0.2, 0.25) is 5.82 Å². The lowest BCUT2D eigenvalue weighted by Gasteiger charge is -2.16. The standard InChI is InChI=1S/C19H18BrN5O2/c20-15-5-3-4-13(10-15)12-22-18(26)19-23-17(24-27-19)14-6-7-21-16(11-14)25-8-1-2-9-25/h3-7,10-11H,1-2,8-9,12H2,(H,22,26). The van der Waals surface area contributed by atoms with E-state index in [4.69, 9.17) is 4.52 Å². The fourth-order valence-corrected chi connectivity index (χ4v) is 3.46. The highest BCUT2D eigenvalue weighted by molar-refractivity contribution is 9.10. The molecule has 138 valence electrons. The first kappa shape index (κ1) is 17.7. The molecule has 0 atom stereocenters. The third-order valence-corrected chi connectivity index (χ3v) is 4.89. The predicted octanol–water partition coefficient (Wildman–Crippen LogP) is 3.42. The number of hydrogen-bond donors (Lipinski definition) is 1. The minimum absolute atomic E-state index is 0.0560. The Bertz CT molecular complexity index is 953. The minimum atomic E-state index is -0.400. The molecule has 1 saturated heterocycles. The van der Waals surface area contributed by atoms with Crippen molar-refractivity contribution in [2.45, 2.75) is 19.4 Å². The zero-order valence-electron chi connectivity index (χ0n) is 14.6. The molecule has 27 heavy (non-hydrogen) atoms. The molecular formula is C19H18BrN5O2. The van der Waals surface area contributed by atoms with Crippen molar-refractivity contribution in [3.8, 4) is 11.4 Å². The predicted molar refractivity (Wildman–Crippen MR) is 104 cm³/mol. The van der Waals surface area contributed by atoms with Crippen LogP contribution in [-0.4, -0.2) is 34.1 Å². The third kappa shape index (κ3) is 4.16. The Morgan fingerprint density at radius 3 is 2.89 bits per heavy atom. The van der Waals surface area contributed by atoms with E-state index >= 15 is 0 Å². The highest BCUT2D eigenvalue weighted by Crippen LogP contribution is 2.23. The van der Waals surface area contributed by atoms with E-state index in [0.29, 0.717) is 12.4 Å². The van der Waals surface area contributed by atoms with E-state index in [2.05, 4.69) is 41.3 Å². The van der Waals surface area contributed by atoms with Crippen LogP contribution in [0.5, 0.6) is 0 Å². The quantitative estimate of drug-likeness (QED) is 0.671. The normalized spacial score (nSPS) is 13.7. The lowest BCUT2D eigenvalue weighted by atomic mass is 10.2. The second-order valence-corrected chi connectivity index (χ2v) is 7.25. The smallest absolute Gasteiger partial charge is 0.316 e. The van der Waals surface area contributed by atoms with Crippen LogP contribution >= 0.6 is 15.9 Å². The van der Waals surface area contributed by atoms with E-state index in [0.717, 1.165) is 34.5 Å². The van der Waals surface area contributed by atoms with Gasteiger partial charge in [-0.25, -0.2) is 4.98 Å². The number of benzene rings is 1. The van der Waals surface area contributed by atoms with Crippen molar-refractivity contribution in [1.82, 2.24) is 20.4 Å². The van der Waals surface area contributed by atoms with Gasteiger partial charge in [-0.1, -0.05) is 33.2 Å². The Morgan fingerprint density at radius 2 is 2.07 bits per heavy atom. The van der Waals surface area contributed by atoms with Gasteiger partial charge < -0.3 is 14.7 Å². The van der Waals surface area contributed by atoms with Crippen molar-refractivity contribution >= 4 is 27.7 Å². The highest BCUT2D eigenvalue weighted by Gasteiger charge is 2.18. The molecule has 1 aliphatic rings. The molecule has 0 unspecified atom stereocenters. The van der Waals surface area contributed by atoms with Gasteiger partial charge in [0.05, 0.1) is 0 Å². The number of amides is 1. The maximum absolute atomic E-state index is 12.3. The van der Waals surface area contributed by atoms with Gasteiger partial charge in [-0.2, -0.15) is 4.98 Å². The van der Waals surface area contributed by atoms with E-state index in [9.17, 15) is 4.79 Å². The summed E-state index contributed by atoms with van der Waals surface area (Å²) in [4.78, 5) is 23.2. The number of hydrogen-bond acceptors (Lipinski definition) is 6. The number of aromatic nitrogens is 3. The summed E-state index contributed by atoms with van der Waals surface area (Å²) in [5, 5.41) is 6.73. The average Bonchev–Trinajstić information content (AvgIpc) is 3.38. The van der Waals surface area contributed by atoms with E-state index < -0.39 is 5.91 Å². The number of anilines is 1. The molecule has 2 aromatic heterocycles. The summed E-state index contributed by atoms with van der Waals surface area (Å²) in [6, 6.07) is 11.5. The molecule has 0 radical (unpaired) electrons. The molecule has 1 fully saturated rings. The fraction of sp³-hybridized carbons (Fsp3) is 0.263. The Morgan fingerprint density at radius 1 is 1.22 bits per heavy atom. The Balaban J connectivity index is 1.45. The topological polar surface area (TPSA) is 84.2 Å². The van der Waals surface area contributed by atoms with Crippen LogP contribution in [0.15, 0.2) is 51.6 Å². The Labute approximate surface area is 164 Å². The zero-order valence-corrected chi connectivity index (χ0v) is 16.1. The van der Waals surface area contributed by atoms with Gasteiger partial charge in [0.1, 0.15) is 5.82 Å². The number of halogens is 1. The first-order chi connectivity index (χ1) is 13.2. The largest absolute Gasteiger partial charge is 0.357 e. The summed E-state index contributed by atoms with van der Waals surface area (Å²) in [6.07, 6.45) is 4.08. The molecule has 0 aliphatic carbocycles. The van der Waals surface area contributed by atoms with Crippen molar-refractivity contribution in [3.63, 3.8) is 0 Å². The molecular weight excluding hydrogens is 410 g/mol. The number of carbonyl (C=O) groups excluding carboxylic acids is 1. The highest BCUT2D eigenvalue weighted by atomic mass is 79.9. The van der Waals surface area contributed by atoms with Gasteiger partial charge in [0, 0.05) is 35.9 Å². The SMILES string of the molecule is O=C(NCc1cccc(Br)c1)c1nc(-c2ccnc(N3CCCC3)c2)no1. The van der Waals surface area contributed by atoms with Gasteiger partial charge in [-0.05, 0) is 42.7 Å². The molecule has 1 aliphatic heterocycles.